The van der Waals surface area contributed by atoms with E-state index < -0.39 is 7.60 Å². The molecule has 0 radical (unpaired) electrons. The van der Waals surface area contributed by atoms with Gasteiger partial charge in [0.25, 0.3) is 0 Å². The second-order valence-corrected chi connectivity index (χ2v) is 9.58. The zero-order valence-corrected chi connectivity index (χ0v) is 19.6. The number of benzene rings is 2. The van der Waals surface area contributed by atoms with Gasteiger partial charge in [0.15, 0.2) is 40.8 Å². The highest BCUT2D eigenvalue weighted by molar-refractivity contribution is 7.54. The molecule has 0 spiro atoms. The number of rotatable bonds is 9. The summed E-state index contributed by atoms with van der Waals surface area (Å²) in [5, 5.41) is 0. The standard InChI is InChI=1S/C22H20N5O8P/c23-21-20-22(25-9-24-21)27(10-26-20)5-6-29-13-36(28,34-14-1-3-16-18(7-14)32-11-30-16)35-15-2-4-17-19(8-15)33-12-31-17/h1-4,7-10H,5-6,11-13H2,(H2,23,24,25). The summed E-state index contributed by atoms with van der Waals surface area (Å²) in [6.07, 6.45) is 2.62. The zero-order chi connectivity index (χ0) is 24.5. The largest absolute Gasteiger partial charge is 0.456 e. The molecule has 0 saturated heterocycles. The molecular formula is C22H20N5O8P. The van der Waals surface area contributed by atoms with Crippen LogP contribution in [0.3, 0.4) is 0 Å². The second kappa shape index (κ2) is 9.10. The third-order valence-electron chi connectivity index (χ3n) is 5.33. The van der Waals surface area contributed by atoms with Crippen molar-refractivity contribution in [3.05, 3.63) is 49.1 Å². The van der Waals surface area contributed by atoms with Gasteiger partial charge in [-0.05, 0) is 24.3 Å². The van der Waals surface area contributed by atoms with Gasteiger partial charge in [-0.3, -0.25) is 0 Å². The normalized spacial score (nSPS) is 13.8. The molecule has 0 aliphatic carbocycles. The Balaban J connectivity index is 1.18. The van der Waals surface area contributed by atoms with Gasteiger partial charge in [0.2, 0.25) is 13.6 Å². The molecule has 4 heterocycles. The van der Waals surface area contributed by atoms with Crippen LogP contribution in [-0.4, -0.2) is 46.1 Å². The number of aromatic nitrogens is 4. The summed E-state index contributed by atoms with van der Waals surface area (Å²) in [7, 11) is -3.86. The van der Waals surface area contributed by atoms with Gasteiger partial charge in [-0.25, -0.2) is 19.5 Å². The maximum atomic E-state index is 13.8. The van der Waals surface area contributed by atoms with Gasteiger partial charge in [0, 0.05) is 18.7 Å². The molecule has 0 saturated carbocycles. The molecule has 0 amide bonds. The van der Waals surface area contributed by atoms with Crippen LogP contribution in [0.2, 0.25) is 0 Å². The van der Waals surface area contributed by atoms with Crippen molar-refractivity contribution in [2.45, 2.75) is 6.54 Å². The second-order valence-electron chi connectivity index (χ2n) is 7.73. The van der Waals surface area contributed by atoms with Gasteiger partial charge in [-0.2, -0.15) is 0 Å². The molecule has 13 nitrogen and oxygen atoms in total. The Kier molecular flexibility index (Phi) is 5.62. The molecule has 14 heteroatoms. The van der Waals surface area contributed by atoms with Gasteiger partial charge >= 0.3 is 7.60 Å². The highest BCUT2D eigenvalue weighted by Crippen LogP contribution is 2.51. The molecule has 2 aliphatic heterocycles. The van der Waals surface area contributed by atoms with Crippen LogP contribution in [0.25, 0.3) is 11.2 Å². The smallest absolute Gasteiger partial charge is 0.454 e. The van der Waals surface area contributed by atoms with E-state index in [4.69, 9.17) is 38.5 Å². The minimum absolute atomic E-state index is 0.104. The summed E-state index contributed by atoms with van der Waals surface area (Å²) in [5.41, 5.74) is 6.91. The van der Waals surface area contributed by atoms with Crippen molar-refractivity contribution in [1.82, 2.24) is 19.5 Å². The van der Waals surface area contributed by atoms with Crippen LogP contribution in [0.4, 0.5) is 5.82 Å². The van der Waals surface area contributed by atoms with E-state index in [1.54, 1.807) is 47.3 Å². The topological polar surface area (TPSA) is 151 Å². The maximum absolute atomic E-state index is 13.8. The zero-order valence-electron chi connectivity index (χ0n) is 18.7. The fourth-order valence-electron chi connectivity index (χ4n) is 3.66. The Morgan fingerprint density at radius 1 is 0.889 bits per heavy atom. The highest BCUT2D eigenvalue weighted by Gasteiger charge is 2.31. The summed E-state index contributed by atoms with van der Waals surface area (Å²) in [6, 6.07) is 9.73. The number of fused-ring (bicyclic) bond motifs is 3. The number of nitrogens with zero attached hydrogens (tertiary/aromatic N) is 4. The van der Waals surface area contributed by atoms with Crippen molar-refractivity contribution >= 4 is 24.6 Å². The fraction of sp³-hybridized carbons (Fsp3) is 0.227. The van der Waals surface area contributed by atoms with Crippen LogP contribution >= 0.6 is 7.60 Å². The van der Waals surface area contributed by atoms with E-state index in [9.17, 15) is 4.57 Å². The quantitative estimate of drug-likeness (QED) is 0.258. The third-order valence-corrected chi connectivity index (χ3v) is 6.81. The number of anilines is 1. The van der Waals surface area contributed by atoms with Crippen molar-refractivity contribution in [3.63, 3.8) is 0 Å². The van der Waals surface area contributed by atoms with Crippen molar-refractivity contribution in [2.24, 2.45) is 0 Å². The van der Waals surface area contributed by atoms with Gasteiger partial charge in [0.05, 0.1) is 12.9 Å². The molecule has 2 N–H and O–H groups in total. The summed E-state index contributed by atoms with van der Waals surface area (Å²) >= 11 is 0. The first-order valence-corrected chi connectivity index (χ1v) is 12.6. The molecule has 4 aromatic rings. The lowest BCUT2D eigenvalue weighted by molar-refractivity contribution is 0.152. The SMILES string of the molecule is Nc1ncnc2c1ncn2CCOCP(=O)(Oc1ccc2c(c1)OCO2)Oc1ccc2c(c1)OCO2. The Hall–Kier alpha value is -4.22. The molecule has 0 bridgehead atoms. The summed E-state index contributed by atoms with van der Waals surface area (Å²) in [6.45, 7) is 0.759. The van der Waals surface area contributed by atoms with E-state index >= 15 is 0 Å². The molecular weight excluding hydrogens is 493 g/mol. The average molecular weight is 513 g/mol. The first-order valence-electron chi connectivity index (χ1n) is 10.8. The van der Waals surface area contributed by atoms with Crippen molar-refractivity contribution < 1.29 is 37.3 Å². The van der Waals surface area contributed by atoms with E-state index in [1.165, 1.54) is 6.33 Å². The first-order chi connectivity index (χ1) is 17.6. The van der Waals surface area contributed by atoms with Crippen LogP contribution in [0.1, 0.15) is 0 Å². The monoisotopic (exact) mass is 513 g/mol. The van der Waals surface area contributed by atoms with E-state index in [2.05, 4.69) is 15.0 Å². The number of ether oxygens (including phenoxy) is 5. The number of imidazole rings is 1. The van der Waals surface area contributed by atoms with Gasteiger partial charge in [0.1, 0.15) is 23.3 Å². The van der Waals surface area contributed by atoms with Crippen molar-refractivity contribution in [1.29, 1.82) is 0 Å². The van der Waals surface area contributed by atoms with Gasteiger partial charge in [-0.1, -0.05) is 0 Å². The minimum Gasteiger partial charge on any atom is -0.454 e. The minimum atomic E-state index is -3.86. The molecule has 0 fully saturated rings. The maximum Gasteiger partial charge on any atom is 0.456 e. The summed E-state index contributed by atoms with van der Waals surface area (Å²) in [4.78, 5) is 12.4. The molecule has 2 aromatic heterocycles. The van der Waals surface area contributed by atoms with Gasteiger partial charge in [-0.15, -0.1) is 0 Å². The van der Waals surface area contributed by atoms with E-state index in [0.29, 0.717) is 46.5 Å². The van der Waals surface area contributed by atoms with Crippen LogP contribution in [0.5, 0.6) is 34.5 Å². The molecule has 36 heavy (non-hydrogen) atoms. The predicted molar refractivity (Wildman–Crippen MR) is 125 cm³/mol. The summed E-state index contributed by atoms with van der Waals surface area (Å²) < 4.78 is 54.3. The molecule has 2 aliphatic rings. The Bertz CT molecular complexity index is 1410. The number of hydrogen-bond donors (Lipinski definition) is 1. The van der Waals surface area contributed by atoms with Crippen LogP contribution in [0.15, 0.2) is 49.1 Å². The predicted octanol–water partition coefficient (Wildman–Crippen LogP) is 3.19. The van der Waals surface area contributed by atoms with Crippen LogP contribution < -0.4 is 33.7 Å². The Labute approximate surface area is 204 Å². The average Bonchev–Trinajstić information content (AvgIpc) is 3.61. The lowest BCUT2D eigenvalue weighted by atomic mass is 10.3. The fourth-order valence-corrected chi connectivity index (χ4v) is 5.03. The molecule has 6 rings (SSSR count). The van der Waals surface area contributed by atoms with Crippen LogP contribution in [0, 0.1) is 0 Å². The Morgan fingerprint density at radius 3 is 2.19 bits per heavy atom. The lowest BCUT2D eigenvalue weighted by Crippen LogP contribution is -2.11. The molecule has 186 valence electrons. The molecule has 0 atom stereocenters. The van der Waals surface area contributed by atoms with E-state index in [0.717, 1.165) is 0 Å². The number of hydrogen-bond acceptors (Lipinski definition) is 12. The van der Waals surface area contributed by atoms with E-state index in [-0.39, 0.29) is 38.0 Å². The highest BCUT2D eigenvalue weighted by atomic mass is 31.2. The van der Waals surface area contributed by atoms with Gasteiger partial charge < -0.3 is 43.0 Å². The molecule has 2 aromatic carbocycles. The third kappa shape index (κ3) is 4.41. The van der Waals surface area contributed by atoms with E-state index in [1.807, 2.05) is 0 Å². The summed E-state index contributed by atoms with van der Waals surface area (Å²) in [5.74, 6) is 2.95. The Morgan fingerprint density at radius 2 is 1.53 bits per heavy atom. The van der Waals surface area contributed by atoms with Crippen molar-refractivity contribution in [2.75, 3.05) is 32.3 Å². The van der Waals surface area contributed by atoms with Crippen molar-refractivity contribution in [3.8, 4) is 34.5 Å². The lowest BCUT2D eigenvalue weighted by Gasteiger charge is -2.20. The number of nitrogens with two attached hydrogens (primary N) is 1. The first kappa shape index (κ1) is 22.3. The molecule has 0 unspecified atom stereocenters. The number of nitrogen functional groups attached to an aromatic ring is 1. The van der Waals surface area contributed by atoms with Crippen LogP contribution in [-0.2, 0) is 15.8 Å².